The summed E-state index contributed by atoms with van der Waals surface area (Å²) in [7, 11) is 0. The molecule has 0 unspecified atom stereocenters. The summed E-state index contributed by atoms with van der Waals surface area (Å²) in [5.41, 5.74) is 11.7. The zero-order valence-corrected chi connectivity index (χ0v) is 10.5. The first-order chi connectivity index (χ1) is 7.88. The number of nitrogens with two attached hydrogens (primary N) is 2. The molecule has 2 aromatic rings. The Labute approximate surface area is 103 Å². The number of primary amides is 1. The van der Waals surface area contributed by atoms with Gasteiger partial charge in [0, 0.05) is 5.69 Å². The molecular formula is C11H14N4OS. The maximum atomic E-state index is 11.2. The molecule has 5 N–H and O–H groups in total. The number of amides is 1. The van der Waals surface area contributed by atoms with Crippen LogP contribution in [0.2, 0.25) is 0 Å². The van der Waals surface area contributed by atoms with Crippen LogP contribution in [0.25, 0.3) is 10.2 Å². The lowest BCUT2D eigenvalue weighted by atomic mass is 10.1. The molecule has 6 heteroatoms. The van der Waals surface area contributed by atoms with Crippen LogP contribution >= 0.6 is 11.3 Å². The molecule has 0 atom stereocenters. The zero-order chi connectivity index (χ0) is 12.6. The van der Waals surface area contributed by atoms with Crippen LogP contribution in [0.1, 0.15) is 13.8 Å². The van der Waals surface area contributed by atoms with E-state index in [0.717, 1.165) is 10.2 Å². The third-order valence-corrected chi connectivity index (χ3v) is 3.38. The number of thiazole rings is 1. The number of fused-ring (bicyclic) bond motifs is 1. The van der Waals surface area contributed by atoms with Crippen molar-refractivity contribution in [3.8, 4) is 0 Å². The Bertz CT molecular complexity index is 576. The normalized spacial score (nSPS) is 11.6. The molecule has 90 valence electrons. The number of nitrogen functional groups attached to an aromatic ring is 1. The average molecular weight is 250 g/mol. The summed E-state index contributed by atoms with van der Waals surface area (Å²) in [4.78, 5) is 15.6. The third-order valence-electron chi connectivity index (χ3n) is 2.45. The van der Waals surface area contributed by atoms with Gasteiger partial charge in [-0.1, -0.05) is 11.3 Å². The first-order valence-electron chi connectivity index (χ1n) is 5.12. The molecule has 0 aliphatic rings. The highest BCUT2D eigenvalue weighted by atomic mass is 32.1. The Morgan fingerprint density at radius 2 is 2.18 bits per heavy atom. The summed E-state index contributed by atoms with van der Waals surface area (Å²) in [6.07, 6.45) is 0. The van der Waals surface area contributed by atoms with Crippen molar-refractivity contribution >= 4 is 38.3 Å². The minimum absolute atomic E-state index is 0.420. The molecule has 0 aliphatic heterocycles. The molecule has 0 bridgehead atoms. The highest BCUT2D eigenvalue weighted by molar-refractivity contribution is 7.22. The van der Waals surface area contributed by atoms with Gasteiger partial charge in [-0.3, -0.25) is 4.79 Å². The highest BCUT2D eigenvalue weighted by Gasteiger charge is 2.25. The molecular weight excluding hydrogens is 236 g/mol. The Morgan fingerprint density at radius 3 is 2.82 bits per heavy atom. The minimum Gasteiger partial charge on any atom is -0.399 e. The largest absolute Gasteiger partial charge is 0.399 e. The van der Waals surface area contributed by atoms with Crippen LogP contribution in [0.5, 0.6) is 0 Å². The van der Waals surface area contributed by atoms with E-state index in [1.807, 2.05) is 12.1 Å². The molecule has 0 saturated carbocycles. The quantitative estimate of drug-likeness (QED) is 0.720. The van der Waals surface area contributed by atoms with Crippen LogP contribution in [-0.2, 0) is 4.79 Å². The highest BCUT2D eigenvalue weighted by Crippen LogP contribution is 2.29. The number of aromatic nitrogens is 1. The van der Waals surface area contributed by atoms with Crippen LogP contribution in [-0.4, -0.2) is 16.4 Å². The topological polar surface area (TPSA) is 94.0 Å². The maximum absolute atomic E-state index is 11.2. The van der Waals surface area contributed by atoms with E-state index in [9.17, 15) is 4.79 Å². The summed E-state index contributed by atoms with van der Waals surface area (Å²) < 4.78 is 0.979. The molecule has 1 amide bonds. The van der Waals surface area contributed by atoms with Crippen molar-refractivity contribution < 1.29 is 4.79 Å². The van der Waals surface area contributed by atoms with Crippen LogP contribution in [0, 0.1) is 0 Å². The minimum atomic E-state index is -0.820. The number of hydrogen-bond acceptors (Lipinski definition) is 5. The van der Waals surface area contributed by atoms with Gasteiger partial charge < -0.3 is 16.8 Å². The van der Waals surface area contributed by atoms with Gasteiger partial charge in [0.25, 0.3) is 0 Å². The number of benzene rings is 1. The Morgan fingerprint density at radius 1 is 1.47 bits per heavy atom. The van der Waals surface area contributed by atoms with E-state index in [1.165, 1.54) is 11.3 Å². The van der Waals surface area contributed by atoms with Crippen LogP contribution in [0.4, 0.5) is 10.8 Å². The standard InChI is InChI=1S/C11H14N4OS/c1-11(2,9(13)16)15-10-14-7-4-3-6(12)5-8(7)17-10/h3-5H,12H2,1-2H3,(H2,13,16)(H,14,15). The third kappa shape index (κ3) is 2.31. The van der Waals surface area contributed by atoms with E-state index in [0.29, 0.717) is 10.8 Å². The van der Waals surface area contributed by atoms with Gasteiger partial charge >= 0.3 is 0 Å². The first-order valence-corrected chi connectivity index (χ1v) is 5.94. The summed E-state index contributed by atoms with van der Waals surface area (Å²) in [5, 5.41) is 3.68. The smallest absolute Gasteiger partial charge is 0.242 e. The summed E-state index contributed by atoms with van der Waals surface area (Å²) in [5.74, 6) is -0.420. The number of anilines is 2. The summed E-state index contributed by atoms with van der Waals surface area (Å²) in [6, 6.07) is 5.50. The molecule has 0 fully saturated rings. The predicted octanol–water partition coefficient (Wildman–Crippen LogP) is 1.55. The van der Waals surface area contributed by atoms with Gasteiger partial charge in [0.05, 0.1) is 10.2 Å². The number of nitrogens with one attached hydrogen (secondary N) is 1. The lowest BCUT2D eigenvalue weighted by molar-refractivity contribution is -0.121. The van der Waals surface area contributed by atoms with Crippen molar-refractivity contribution in [2.45, 2.75) is 19.4 Å². The van der Waals surface area contributed by atoms with Crippen LogP contribution in [0.15, 0.2) is 18.2 Å². The Hall–Kier alpha value is -1.82. The molecule has 0 saturated heterocycles. The van der Waals surface area contributed by atoms with E-state index in [4.69, 9.17) is 11.5 Å². The van der Waals surface area contributed by atoms with E-state index in [1.54, 1.807) is 19.9 Å². The number of rotatable bonds is 3. The Kier molecular flexibility index (Phi) is 2.66. The van der Waals surface area contributed by atoms with Crippen molar-refractivity contribution in [2.75, 3.05) is 11.1 Å². The number of carbonyl (C=O) groups excluding carboxylic acids is 1. The number of nitrogens with zero attached hydrogens (tertiary/aromatic N) is 1. The average Bonchev–Trinajstić information content (AvgIpc) is 2.57. The molecule has 17 heavy (non-hydrogen) atoms. The van der Waals surface area contributed by atoms with E-state index < -0.39 is 11.4 Å². The maximum Gasteiger partial charge on any atom is 0.242 e. The first kappa shape index (κ1) is 11.7. The van der Waals surface area contributed by atoms with E-state index >= 15 is 0 Å². The fourth-order valence-electron chi connectivity index (χ4n) is 1.32. The SMILES string of the molecule is CC(C)(Nc1nc2ccc(N)cc2s1)C(N)=O. The van der Waals surface area contributed by atoms with Crippen LogP contribution in [0.3, 0.4) is 0 Å². The van der Waals surface area contributed by atoms with E-state index in [-0.39, 0.29) is 0 Å². The second-order valence-corrected chi connectivity index (χ2v) is 5.39. The second kappa shape index (κ2) is 3.89. The predicted molar refractivity (Wildman–Crippen MR) is 70.9 cm³/mol. The molecule has 0 radical (unpaired) electrons. The van der Waals surface area contributed by atoms with Crippen molar-refractivity contribution in [2.24, 2.45) is 5.73 Å². The summed E-state index contributed by atoms with van der Waals surface area (Å²) in [6.45, 7) is 3.44. The van der Waals surface area contributed by atoms with Gasteiger partial charge in [0.2, 0.25) is 5.91 Å². The molecule has 1 aromatic heterocycles. The molecule has 0 aliphatic carbocycles. The summed E-state index contributed by atoms with van der Waals surface area (Å²) >= 11 is 1.45. The van der Waals surface area contributed by atoms with Crippen molar-refractivity contribution in [1.82, 2.24) is 4.98 Å². The second-order valence-electron chi connectivity index (χ2n) is 4.36. The molecule has 1 heterocycles. The fraction of sp³-hybridized carbons (Fsp3) is 0.273. The van der Waals surface area contributed by atoms with Gasteiger partial charge in [-0.15, -0.1) is 0 Å². The van der Waals surface area contributed by atoms with Crippen LogP contribution < -0.4 is 16.8 Å². The van der Waals surface area contributed by atoms with Crippen molar-refractivity contribution in [1.29, 1.82) is 0 Å². The van der Waals surface area contributed by atoms with Gasteiger partial charge in [-0.2, -0.15) is 0 Å². The Balaban J connectivity index is 2.34. The van der Waals surface area contributed by atoms with Gasteiger partial charge in [0.1, 0.15) is 5.54 Å². The molecule has 5 nitrogen and oxygen atoms in total. The van der Waals surface area contributed by atoms with Gasteiger partial charge in [0.15, 0.2) is 5.13 Å². The fourth-order valence-corrected chi connectivity index (χ4v) is 2.40. The molecule has 1 aromatic carbocycles. The van der Waals surface area contributed by atoms with Crippen molar-refractivity contribution in [3.63, 3.8) is 0 Å². The number of carbonyl (C=O) groups is 1. The van der Waals surface area contributed by atoms with Gasteiger partial charge in [-0.05, 0) is 32.0 Å². The molecule has 2 rings (SSSR count). The zero-order valence-electron chi connectivity index (χ0n) is 9.65. The lowest BCUT2D eigenvalue weighted by Gasteiger charge is -2.21. The van der Waals surface area contributed by atoms with Gasteiger partial charge in [-0.25, -0.2) is 4.98 Å². The van der Waals surface area contributed by atoms with Crippen molar-refractivity contribution in [3.05, 3.63) is 18.2 Å². The molecule has 0 spiro atoms. The lowest BCUT2D eigenvalue weighted by Crippen LogP contribution is -2.44. The monoisotopic (exact) mass is 250 g/mol. The number of hydrogen-bond donors (Lipinski definition) is 3. The van der Waals surface area contributed by atoms with E-state index in [2.05, 4.69) is 10.3 Å².